The molecule has 1 aromatic rings. The summed E-state index contributed by atoms with van der Waals surface area (Å²) >= 11 is 3.45. The number of ether oxygens (including phenoxy) is 1. The van der Waals surface area contributed by atoms with Crippen LogP contribution < -0.4 is 5.73 Å². The number of nitrogens with two attached hydrogens (primary N) is 1. The van der Waals surface area contributed by atoms with E-state index in [9.17, 15) is 4.79 Å². The molecule has 1 saturated carbocycles. The fourth-order valence-electron chi connectivity index (χ4n) is 2.65. The van der Waals surface area contributed by atoms with Crippen molar-refractivity contribution in [3.8, 4) is 0 Å². The van der Waals surface area contributed by atoms with Gasteiger partial charge in [0, 0.05) is 10.5 Å². The van der Waals surface area contributed by atoms with Crippen LogP contribution in [0.1, 0.15) is 36.4 Å². The van der Waals surface area contributed by atoms with Crippen molar-refractivity contribution in [3.63, 3.8) is 0 Å². The second kappa shape index (κ2) is 5.02. The number of benzene rings is 1. The Balaban J connectivity index is 2.37. The van der Waals surface area contributed by atoms with Gasteiger partial charge in [0.2, 0.25) is 0 Å². The molecule has 1 unspecified atom stereocenters. The van der Waals surface area contributed by atoms with Crippen LogP contribution in [0.3, 0.4) is 0 Å². The van der Waals surface area contributed by atoms with Crippen molar-refractivity contribution in [2.45, 2.75) is 32.2 Å². The van der Waals surface area contributed by atoms with E-state index >= 15 is 0 Å². The molecular formula is C14H18BrNO2. The number of esters is 1. The summed E-state index contributed by atoms with van der Waals surface area (Å²) < 4.78 is 5.92. The van der Waals surface area contributed by atoms with E-state index in [-0.39, 0.29) is 12.0 Å². The highest BCUT2D eigenvalue weighted by Gasteiger charge is 2.50. The Hall–Kier alpha value is -0.870. The van der Waals surface area contributed by atoms with E-state index in [4.69, 9.17) is 10.5 Å². The predicted molar refractivity (Wildman–Crippen MR) is 74.1 cm³/mol. The van der Waals surface area contributed by atoms with E-state index in [1.54, 1.807) is 0 Å². The van der Waals surface area contributed by atoms with E-state index in [0.29, 0.717) is 0 Å². The molecule has 1 fully saturated rings. The monoisotopic (exact) mass is 311 g/mol. The summed E-state index contributed by atoms with van der Waals surface area (Å²) in [5.74, 6) is -0.180. The van der Waals surface area contributed by atoms with Gasteiger partial charge in [0.05, 0.1) is 12.5 Å². The van der Waals surface area contributed by atoms with Crippen LogP contribution >= 0.6 is 15.9 Å². The van der Waals surface area contributed by atoms with Gasteiger partial charge in [0.25, 0.3) is 0 Å². The summed E-state index contributed by atoms with van der Waals surface area (Å²) in [5, 5.41) is 0. The van der Waals surface area contributed by atoms with Crippen molar-refractivity contribution in [3.05, 3.63) is 33.8 Å². The van der Waals surface area contributed by atoms with Gasteiger partial charge >= 0.3 is 5.97 Å². The van der Waals surface area contributed by atoms with E-state index in [2.05, 4.69) is 15.9 Å². The Bertz CT molecular complexity index is 469. The maximum atomic E-state index is 12.0. The van der Waals surface area contributed by atoms with Crippen molar-refractivity contribution in [1.82, 2.24) is 0 Å². The highest BCUT2D eigenvalue weighted by atomic mass is 79.9. The minimum absolute atomic E-state index is 0.180. The smallest absolute Gasteiger partial charge is 0.313 e. The van der Waals surface area contributed by atoms with Gasteiger partial charge in [-0.25, -0.2) is 0 Å². The highest BCUT2D eigenvalue weighted by Crippen LogP contribution is 2.50. The van der Waals surface area contributed by atoms with Gasteiger partial charge in [0.15, 0.2) is 0 Å². The quantitative estimate of drug-likeness (QED) is 0.873. The summed E-state index contributed by atoms with van der Waals surface area (Å²) in [4.78, 5) is 12.0. The lowest BCUT2D eigenvalue weighted by atomic mass is 9.62. The number of carbonyl (C=O) groups excluding carboxylic acids is 1. The maximum Gasteiger partial charge on any atom is 0.313 e. The third kappa shape index (κ3) is 2.08. The summed E-state index contributed by atoms with van der Waals surface area (Å²) in [5.41, 5.74) is 7.97. The topological polar surface area (TPSA) is 52.3 Å². The van der Waals surface area contributed by atoms with Gasteiger partial charge < -0.3 is 10.5 Å². The van der Waals surface area contributed by atoms with Crippen LogP contribution in [0.25, 0.3) is 0 Å². The number of hydrogen-bond acceptors (Lipinski definition) is 3. The predicted octanol–water partition coefficient (Wildman–Crippen LogP) is 3.10. The van der Waals surface area contributed by atoms with E-state index < -0.39 is 5.41 Å². The molecule has 1 aliphatic carbocycles. The second-order valence-electron chi connectivity index (χ2n) is 4.98. The van der Waals surface area contributed by atoms with Crippen LogP contribution in [0.5, 0.6) is 0 Å². The number of halogens is 1. The second-order valence-corrected chi connectivity index (χ2v) is 5.90. The number of carbonyl (C=O) groups is 1. The lowest BCUT2D eigenvalue weighted by molar-refractivity contribution is -0.160. The van der Waals surface area contributed by atoms with E-state index in [1.807, 2.05) is 25.1 Å². The van der Waals surface area contributed by atoms with Gasteiger partial charge in [-0.2, -0.15) is 0 Å². The summed E-state index contributed by atoms with van der Waals surface area (Å²) in [6, 6.07) is 5.71. The molecule has 1 aliphatic rings. The molecule has 0 saturated heterocycles. The number of hydrogen-bond donors (Lipinski definition) is 1. The molecule has 0 aliphatic heterocycles. The lowest BCUT2D eigenvalue weighted by Gasteiger charge is -2.43. The zero-order chi connectivity index (χ0) is 13.3. The minimum Gasteiger partial charge on any atom is -0.469 e. The Morgan fingerprint density at radius 1 is 1.50 bits per heavy atom. The molecule has 0 radical (unpaired) electrons. The normalized spacial score (nSPS) is 18.9. The largest absolute Gasteiger partial charge is 0.469 e. The first-order chi connectivity index (χ1) is 8.51. The van der Waals surface area contributed by atoms with Gasteiger partial charge in [-0.1, -0.05) is 28.4 Å². The molecule has 0 bridgehead atoms. The van der Waals surface area contributed by atoms with E-state index in [0.717, 1.165) is 34.9 Å². The van der Waals surface area contributed by atoms with Crippen LogP contribution in [0, 0.1) is 12.3 Å². The molecule has 0 heterocycles. The Labute approximate surface area is 116 Å². The van der Waals surface area contributed by atoms with Crippen LogP contribution in [-0.2, 0) is 9.53 Å². The molecule has 2 N–H and O–H groups in total. The summed E-state index contributed by atoms with van der Waals surface area (Å²) in [6.45, 7) is 2.02. The van der Waals surface area contributed by atoms with Crippen LogP contribution in [0.2, 0.25) is 0 Å². The van der Waals surface area contributed by atoms with Crippen molar-refractivity contribution < 1.29 is 9.53 Å². The molecule has 0 aromatic heterocycles. The average Bonchev–Trinajstić information content (AvgIpc) is 2.30. The molecule has 98 valence electrons. The van der Waals surface area contributed by atoms with Crippen molar-refractivity contribution in [2.75, 3.05) is 7.11 Å². The van der Waals surface area contributed by atoms with Crippen molar-refractivity contribution in [1.29, 1.82) is 0 Å². The van der Waals surface area contributed by atoms with Crippen LogP contribution in [-0.4, -0.2) is 13.1 Å². The third-order valence-electron chi connectivity index (χ3n) is 4.01. The number of aryl methyl sites for hydroxylation is 1. The standard InChI is InChI=1S/C14H18BrNO2/c1-9-4-5-10(15)8-11(9)12(16)14(6-3-7-14)13(17)18-2/h4-5,8,12H,3,6-7,16H2,1-2H3. The summed E-state index contributed by atoms with van der Waals surface area (Å²) in [6.07, 6.45) is 2.66. The number of rotatable bonds is 3. The molecular weight excluding hydrogens is 294 g/mol. The number of methoxy groups -OCH3 is 1. The zero-order valence-corrected chi connectivity index (χ0v) is 12.3. The molecule has 3 nitrogen and oxygen atoms in total. The molecule has 1 aromatic carbocycles. The van der Waals surface area contributed by atoms with Crippen molar-refractivity contribution >= 4 is 21.9 Å². The maximum absolute atomic E-state index is 12.0. The molecule has 2 rings (SSSR count). The van der Waals surface area contributed by atoms with Gasteiger partial charge in [0.1, 0.15) is 0 Å². The van der Waals surface area contributed by atoms with Gasteiger partial charge in [-0.3, -0.25) is 4.79 Å². The van der Waals surface area contributed by atoms with Gasteiger partial charge in [-0.15, -0.1) is 0 Å². The first-order valence-electron chi connectivity index (χ1n) is 6.11. The summed E-state index contributed by atoms with van der Waals surface area (Å²) in [7, 11) is 1.43. The van der Waals surface area contributed by atoms with Crippen molar-refractivity contribution in [2.24, 2.45) is 11.1 Å². The molecule has 0 spiro atoms. The Morgan fingerprint density at radius 2 is 2.17 bits per heavy atom. The van der Waals surface area contributed by atoms with Crippen LogP contribution in [0.4, 0.5) is 0 Å². The minimum atomic E-state index is -0.527. The SMILES string of the molecule is COC(=O)C1(C(N)c2cc(Br)ccc2C)CCC1. The van der Waals surface area contributed by atoms with Crippen LogP contribution in [0.15, 0.2) is 22.7 Å². The van der Waals surface area contributed by atoms with E-state index in [1.165, 1.54) is 7.11 Å². The molecule has 18 heavy (non-hydrogen) atoms. The first-order valence-corrected chi connectivity index (χ1v) is 6.90. The third-order valence-corrected chi connectivity index (χ3v) is 4.50. The molecule has 1 atom stereocenters. The Kier molecular flexibility index (Phi) is 3.78. The average molecular weight is 312 g/mol. The fourth-order valence-corrected chi connectivity index (χ4v) is 3.03. The first kappa shape index (κ1) is 13.6. The molecule has 4 heteroatoms. The van der Waals surface area contributed by atoms with Gasteiger partial charge in [-0.05, 0) is 43.0 Å². The fraction of sp³-hybridized carbons (Fsp3) is 0.500. The molecule has 0 amide bonds. The highest BCUT2D eigenvalue weighted by molar-refractivity contribution is 9.10. The Morgan fingerprint density at radius 3 is 2.67 bits per heavy atom. The zero-order valence-electron chi connectivity index (χ0n) is 10.7. The lowest BCUT2D eigenvalue weighted by Crippen LogP contribution is -2.47.